The van der Waals surface area contributed by atoms with Crippen molar-refractivity contribution < 1.29 is 9.53 Å². The average Bonchev–Trinajstić information content (AvgIpc) is 2.38. The second-order valence-corrected chi connectivity index (χ2v) is 4.42. The summed E-state index contributed by atoms with van der Waals surface area (Å²) in [7, 11) is 1.71. The van der Waals surface area contributed by atoms with Crippen molar-refractivity contribution in [1.82, 2.24) is 0 Å². The largest absolute Gasteiger partial charge is 0.385 e. The second-order valence-electron chi connectivity index (χ2n) is 4.42. The first-order valence-electron chi connectivity index (χ1n) is 6.28. The molecule has 100 valence electrons. The number of hydrogen-bond donors (Lipinski definition) is 2. The van der Waals surface area contributed by atoms with Crippen molar-refractivity contribution in [2.24, 2.45) is 5.92 Å². The summed E-state index contributed by atoms with van der Waals surface area (Å²) in [6, 6.07) is 7.73. The summed E-state index contributed by atoms with van der Waals surface area (Å²) in [5, 5.41) is 6.15. The van der Waals surface area contributed by atoms with Crippen LogP contribution >= 0.6 is 0 Å². The molecule has 0 fully saturated rings. The molecule has 0 saturated carbocycles. The van der Waals surface area contributed by atoms with E-state index in [2.05, 4.69) is 17.6 Å². The van der Waals surface area contributed by atoms with Gasteiger partial charge < -0.3 is 15.4 Å². The first-order valence-corrected chi connectivity index (χ1v) is 6.28. The molecule has 4 nitrogen and oxygen atoms in total. The first-order chi connectivity index (χ1) is 8.65. The van der Waals surface area contributed by atoms with Crippen LogP contribution < -0.4 is 10.6 Å². The van der Waals surface area contributed by atoms with Gasteiger partial charge in [-0.2, -0.15) is 0 Å². The highest BCUT2D eigenvalue weighted by Gasteiger charge is 2.02. The predicted molar refractivity (Wildman–Crippen MR) is 74.9 cm³/mol. The molecule has 0 aromatic heterocycles. The summed E-state index contributed by atoms with van der Waals surface area (Å²) in [6.07, 6.45) is 0.495. The number of nitrogens with one attached hydrogen (secondary N) is 2. The van der Waals surface area contributed by atoms with Crippen molar-refractivity contribution in [3.05, 3.63) is 24.3 Å². The van der Waals surface area contributed by atoms with Crippen molar-refractivity contribution >= 4 is 17.3 Å². The quantitative estimate of drug-likeness (QED) is 0.782. The normalized spacial score (nSPS) is 11.9. The molecular formula is C14H22N2O2. The number of amides is 1. The van der Waals surface area contributed by atoms with E-state index < -0.39 is 0 Å². The zero-order valence-electron chi connectivity index (χ0n) is 11.3. The molecule has 1 aromatic carbocycles. The van der Waals surface area contributed by atoms with E-state index in [0.29, 0.717) is 12.3 Å². The number of methoxy groups -OCH3 is 1. The number of carbonyl (C=O) groups excluding carboxylic acids is 1. The zero-order chi connectivity index (χ0) is 13.4. The van der Waals surface area contributed by atoms with E-state index in [9.17, 15) is 4.79 Å². The lowest BCUT2D eigenvalue weighted by Crippen LogP contribution is -2.15. The Balaban J connectivity index is 2.42. The maximum atomic E-state index is 11.2. The van der Waals surface area contributed by atoms with E-state index >= 15 is 0 Å². The van der Waals surface area contributed by atoms with Crippen molar-refractivity contribution in [3.63, 3.8) is 0 Å². The third kappa shape index (κ3) is 5.19. The van der Waals surface area contributed by atoms with E-state index in [1.807, 2.05) is 31.2 Å². The smallest absolute Gasteiger partial charge is 0.224 e. The van der Waals surface area contributed by atoms with Gasteiger partial charge in [0.05, 0.1) is 6.61 Å². The van der Waals surface area contributed by atoms with Crippen LogP contribution in [0.5, 0.6) is 0 Å². The topological polar surface area (TPSA) is 50.4 Å². The van der Waals surface area contributed by atoms with Gasteiger partial charge in [0.25, 0.3) is 0 Å². The number of ether oxygens (including phenoxy) is 1. The molecule has 1 rings (SSSR count). The molecular weight excluding hydrogens is 228 g/mol. The monoisotopic (exact) mass is 250 g/mol. The molecule has 0 radical (unpaired) electrons. The minimum atomic E-state index is 0.0319. The Morgan fingerprint density at radius 1 is 1.28 bits per heavy atom. The summed E-state index contributed by atoms with van der Waals surface area (Å²) in [5.41, 5.74) is 1.88. The fraction of sp³-hybridized carbons (Fsp3) is 0.500. The fourth-order valence-electron chi connectivity index (χ4n) is 1.56. The van der Waals surface area contributed by atoms with Gasteiger partial charge in [0.15, 0.2) is 0 Å². The molecule has 2 N–H and O–H groups in total. The van der Waals surface area contributed by atoms with Crippen LogP contribution in [0.15, 0.2) is 24.3 Å². The molecule has 0 saturated heterocycles. The average molecular weight is 250 g/mol. The first kappa shape index (κ1) is 14.5. The SMILES string of the molecule is CCC(=O)Nc1ccc(NCC(C)COC)cc1. The van der Waals surface area contributed by atoms with Gasteiger partial charge in [-0.25, -0.2) is 0 Å². The Morgan fingerprint density at radius 2 is 1.89 bits per heavy atom. The van der Waals surface area contributed by atoms with Crippen LogP contribution in [0.1, 0.15) is 20.3 Å². The highest BCUT2D eigenvalue weighted by molar-refractivity contribution is 5.90. The van der Waals surface area contributed by atoms with Crippen LogP contribution in [0.4, 0.5) is 11.4 Å². The van der Waals surface area contributed by atoms with Gasteiger partial charge in [0, 0.05) is 31.5 Å². The van der Waals surface area contributed by atoms with E-state index in [0.717, 1.165) is 24.5 Å². The summed E-state index contributed by atoms with van der Waals surface area (Å²) in [6.45, 7) is 5.58. The second kappa shape index (κ2) is 7.71. The number of anilines is 2. The third-order valence-corrected chi connectivity index (χ3v) is 2.60. The standard InChI is InChI=1S/C14H22N2O2/c1-4-14(17)16-13-7-5-12(6-8-13)15-9-11(2)10-18-3/h5-8,11,15H,4,9-10H2,1-3H3,(H,16,17). The van der Waals surface area contributed by atoms with Gasteiger partial charge in [-0.05, 0) is 30.2 Å². The molecule has 18 heavy (non-hydrogen) atoms. The fourth-order valence-corrected chi connectivity index (χ4v) is 1.56. The molecule has 0 heterocycles. The molecule has 1 amide bonds. The Bertz CT molecular complexity index is 363. The molecule has 0 aliphatic rings. The maximum absolute atomic E-state index is 11.2. The predicted octanol–water partition coefficient (Wildman–Crippen LogP) is 2.73. The molecule has 0 aliphatic heterocycles. The highest BCUT2D eigenvalue weighted by Crippen LogP contribution is 2.14. The molecule has 4 heteroatoms. The zero-order valence-corrected chi connectivity index (χ0v) is 11.3. The van der Waals surface area contributed by atoms with Crippen molar-refractivity contribution in [3.8, 4) is 0 Å². The molecule has 0 spiro atoms. The Kier molecular flexibility index (Phi) is 6.22. The van der Waals surface area contributed by atoms with E-state index in [4.69, 9.17) is 4.74 Å². The summed E-state index contributed by atoms with van der Waals surface area (Å²) in [5.74, 6) is 0.499. The van der Waals surface area contributed by atoms with Crippen LogP contribution in [-0.4, -0.2) is 26.2 Å². The van der Waals surface area contributed by atoms with Gasteiger partial charge in [-0.1, -0.05) is 13.8 Å². The molecule has 0 aliphatic carbocycles. The molecule has 1 aromatic rings. The number of rotatable bonds is 7. The van der Waals surface area contributed by atoms with Crippen LogP contribution in [0.3, 0.4) is 0 Å². The summed E-state index contributed by atoms with van der Waals surface area (Å²) in [4.78, 5) is 11.2. The van der Waals surface area contributed by atoms with Gasteiger partial charge in [0.2, 0.25) is 5.91 Å². The van der Waals surface area contributed by atoms with Gasteiger partial charge >= 0.3 is 0 Å². The minimum absolute atomic E-state index is 0.0319. The van der Waals surface area contributed by atoms with Crippen LogP contribution in [0.25, 0.3) is 0 Å². The number of carbonyl (C=O) groups is 1. The maximum Gasteiger partial charge on any atom is 0.224 e. The van der Waals surface area contributed by atoms with Gasteiger partial charge in [-0.15, -0.1) is 0 Å². The van der Waals surface area contributed by atoms with Gasteiger partial charge in [0.1, 0.15) is 0 Å². The van der Waals surface area contributed by atoms with Crippen molar-refractivity contribution in [2.75, 3.05) is 30.9 Å². The van der Waals surface area contributed by atoms with E-state index in [1.54, 1.807) is 7.11 Å². The van der Waals surface area contributed by atoms with Crippen LogP contribution in [0, 0.1) is 5.92 Å². The Labute approximate surface area is 109 Å². The Hall–Kier alpha value is -1.55. The molecule has 0 bridgehead atoms. The van der Waals surface area contributed by atoms with Crippen LogP contribution in [0.2, 0.25) is 0 Å². The lowest BCUT2D eigenvalue weighted by atomic mass is 10.2. The minimum Gasteiger partial charge on any atom is -0.385 e. The van der Waals surface area contributed by atoms with Crippen LogP contribution in [-0.2, 0) is 9.53 Å². The highest BCUT2D eigenvalue weighted by atomic mass is 16.5. The molecule has 1 atom stereocenters. The number of hydrogen-bond acceptors (Lipinski definition) is 3. The van der Waals surface area contributed by atoms with E-state index in [-0.39, 0.29) is 5.91 Å². The molecule has 1 unspecified atom stereocenters. The Morgan fingerprint density at radius 3 is 2.44 bits per heavy atom. The lowest BCUT2D eigenvalue weighted by Gasteiger charge is -2.13. The summed E-state index contributed by atoms with van der Waals surface area (Å²) < 4.78 is 5.08. The van der Waals surface area contributed by atoms with Gasteiger partial charge in [-0.3, -0.25) is 4.79 Å². The van der Waals surface area contributed by atoms with Crippen molar-refractivity contribution in [2.45, 2.75) is 20.3 Å². The third-order valence-electron chi connectivity index (χ3n) is 2.60. The number of benzene rings is 1. The summed E-state index contributed by atoms with van der Waals surface area (Å²) >= 11 is 0. The van der Waals surface area contributed by atoms with Crippen molar-refractivity contribution in [1.29, 1.82) is 0 Å². The van der Waals surface area contributed by atoms with E-state index in [1.165, 1.54) is 0 Å². The lowest BCUT2D eigenvalue weighted by molar-refractivity contribution is -0.115.